The Kier molecular flexibility index (Phi) is 6.14. The van der Waals surface area contributed by atoms with E-state index in [0.29, 0.717) is 9.92 Å². The van der Waals surface area contributed by atoms with E-state index in [1.165, 1.54) is 17.3 Å². The standard InChI is InChI=1S/C24H19BrCl2N2O2S/c25-17-6-2-1-5-14(17)24-16-12-21(32-20-8-4-3-7-19(20)29(30)31)23(27)22(16)15-11-13(26)9-10-18(15)28-24/h1-11,16,21-24,28H,12H2/t16-,21+,22+,23+,24-/m0/s1. The molecule has 0 amide bonds. The number of rotatable bonds is 4. The molecule has 1 heterocycles. The van der Waals surface area contributed by atoms with Gasteiger partial charge in [0.05, 0.1) is 21.2 Å². The summed E-state index contributed by atoms with van der Waals surface area (Å²) in [5, 5.41) is 15.8. The second kappa shape index (κ2) is 8.90. The summed E-state index contributed by atoms with van der Waals surface area (Å²) in [5.74, 6) is 0.312. The summed E-state index contributed by atoms with van der Waals surface area (Å²) in [6.07, 6.45) is 0.834. The number of benzene rings is 3. The lowest BCUT2D eigenvalue weighted by Gasteiger charge is -2.38. The molecule has 1 aliphatic carbocycles. The van der Waals surface area contributed by atoms with Crippen molar-refractivity contribution in [3.63, 3.8) is 0 Å². The van der Waals surface area contributed by atoms with E-state index in [9.17, 15) is 10.1 Å². The molecule has 0 aromatic heterocycles. The summed E-state index contributed by atoms with van der Waals surface area (Å²) < 4.78 is 1.05. The van der Waals surface area contributed by atoms with Crippen LogP contribution in [0.5, 0.6) is 0 Å². The SMILES string of the molecule is O=[N+]([O-])c1ccccc1S[C@@H]1C[C@H]2[C@@H](c3cc(Cl)ccc3N[C@H]2c2ccccc2Br)[C@@H]1Cl. The van der Waals surface area contributed by atoms with E-state index in [4.69, 9.17) is 23.2 Å². The van der Waals surface area contributed by atoms with Crippen LogP contribution in [0.3, 0.4) is 0 Å². The molecule has 32 heavy (non-hydrogen) atoms. The molecule has 0 unspecified atom stereocenters. The minimum atomic E-state index is -0.325. The van der Waals surface area contributed by atoms with Crippen molar-refractivity contribution in [1.29, 1.82) is 0 Å². The summed E-state index contributed by atoms with van der Waals surface area (Å²) in [7, 11) is 0. The van der Waals surface area contributed by atoms with Crippen molar-refractivity contribution in [2.24, 2.45) is 5.92 Å². The Hall–Kier alpha value is -1.73. The molecule has 1 saturated carbocycles. The number of para-hydroxylation sites is 1. The van der Waals surface area contributed by atoms with Crippen LogP contribution in [-0.4, -0.2) is 15.6 Å². The fourth-order valence-electron chi connectivity index (χ4n) is 4.99. The number of anilines is 1. The highest BCUT2D eigenvalue weighted by molar-refractivity contribution is 9.10. The molecule has 5 atom stereocenters. The lowest BCUT2D eigenvalue weighted by atomic mass is 9.77. The molecule has 0 spiro atoms. The second-order valence-electron chi connectivity index (χ2n) is 8.13. The molecule has 3 aromatic carbocycles. The average molecular weight is 550 g/mol. The Morgan fingerprint density at radius 2 is 1.81 bits per heavy atom. The van der Waals surface area contributed by atoms with Crippen molar-refractivity contribution < 1.29 is 4.92 Å². The van der Waals surface area contributed by atoms with Crippen molar-refractivity contribution in [3.8, 4) is 0 Å². The molecule has 4 nitrogen and oxygen atoms in total. The van der Waals surface area contributed by atoms with Crippen LogP contribution in [-0.2, 0) is 0 Å². The summed E-state index contributed by atoms with van der Waals surface area (Å²) in [5.41, 5.74) is 3.47. The molecule has 0 radical (unpaired) electrons. The van der Waals surface area contributed by atoms with Gasteiger partial charge in [0.1, 0.15) is 0 Å². The third-order valence-corrected chi connectivity index (χ3v) is 9.43. The van der Waals surface area contributed by atoms with Crippen molar-refractivity contribution in [2.45, 2.75) is 33.9 Å². The van der Waals surface area contributed by atoms with Gasteiger partial charge in [0.15, 0.2) is 0 Å². The van der Waals surface area contributed by atoms with Gasteiger partial charge in [0, 0.05) is 32.4 Å². The van der Waals surface area contributed by atoms with Gasteiger partial charge in [-0.2, -0.15) is 0 Å². The van der Waals surface area contributed by atoms with Gasteiger partial charge < -0.3 is 5.32 Å². The number of alkyl halides is 1. The second-order valence-corrected chi connectivity index (χ2v) is 11.2. The van der Waals surface area contributed by atoms with Crippen LogP contribution in [0.2, 0.25) is 5.02 Å². The van der Waals surface area contributed by atoms with E-state index in [0.717, 1.165) is 22.1 Å². The number of nitrogens with zero attached hydrogens (tertiary/aromatic N) is 1. The number of hydrogen-bond donors (Lipinski definition) is 1. The minimum Gasteiger partial charge on any atom is -0.378 e. The maximum absolute atomic E-state index is 11.5. The smallest absolute Gasteiger partial charge is 0.282 e. The number of nitrogens with one attached hydrogen (secondary N) is 1. The van der Waals surface area contributed by atoms with Crippen molar-refractivity contribution >= 4 is 62.3 Å². The topological polar surface area (TPSA) is 55.2 Å². The zero-order valence-electron chi connectivity index (χ0n) is 16.8. The Balaban J connectivity index is 1.55. The number of fused-ring (bicyclic) bond motifs is 3. The molecule has 1 fully saturated rings. The highest BCUT2D eigenvalue weighted by Gasteiger charge is 2.50. The molecular formula is C24H19BrCl2N2O2S. The van der Waals surface area contributed by atoms with Gasteiger partial charge in [-0.15, -0.1) is 23.4 Å². The largest absolute Gasteiger partial charge is 0.378 e. The summed E-state index contributed by atoms with van der Waals surface area (Å²) in [4.78, 5) is 11.9. The average Bonchev–Trinajstić information content (AvgIpc) is 3.10. The predicted octanol–water partition coefficient (Wildman–Crippen LogP) is 8.05. The molecule has 1 N–H and O–H groups in total. The predicted molar refractivity (Wildman–Crippen MR) is 135 cm³/mol. The van der Waals surface area contributed by atoms with Gasteiger partial charge in [0.25, 0.3) is 5.69 Å². The molecule has 1 aliphatic heterocycles. The number of thioether (sulfide) groups is 1. The normalized spacial score (nSPS) is 26.2. The molecular weight excluding hydrogens is 531 g/mol. The van der Waals surface area contributed by atoms with Crippen molar-refractivity contribution in [2.75, 3.05) is 5.32 Å². The van der Waals surface area contributed by atoms with Crippen LogP contribution < -0.4 is 5.32 Å². The molecule has 0 saturated heterocycles. The lowest BCUT2D eigenvalue weighted by molar-refractivity contribution is -0.387. The van der Waals surface area contributed by atoms with Crippen LogP contribution >= 0.6 is 50.9 Å². The van der Waals surface area contributed by atoms with E-state index < -0.39 is 0 Å². The van der Waals surface area contributed by atoms with Crippen molar-refractivity contribution in [1.82, 2.24) is 0 Å². The molecule has 164 valence electrons. The lowest BCUT2D eigenvalue weighted by Crippen LogP contribution is -2.31. The van der Waals surface area contributed by atoms with E-state index in [-0.39, 0.29) is 39.1 Å². The van der Waals surface area contributed by atoms with Gasteiger partial charge in [-0.3, -0.25) is 10.1 Å². The quantitative estimate of drug-likeness (QED) is 0.203. The zero-order chi connectivity index (χ0) is 22.4. The highest BCUT2D eigenvalue weighted by atomic mass is 79.9. The van der Waals surface area contributed by atoms with Crippen LogP contribution in [0.15, 0.2) is 76.1 Å². The molecule has 0 bridgehead atoms. The molecule has 2 aliphatic rings. The monoisotopic (exact) mass is 548 g/mol. The van der Waals surface area contributed by atoms with Gasteiger partial charge in [0.2, 0.25) is 0 Å². The first-order chi connectivity index (χ1) is 15.4. The number of nitro groups is 1. The van der Waals surface area contributed by atoms with E-state index in [1.54, 1.807) is 12.1 Å². The van der Waals surface area contributed by atoms with Gasteiger partial charge in [-0.25, -0.2) is 0 Å². The van der Waals surface area contributed by atoms with Crippen LogP contribution in [0.25, 0.3) is 0 Å². The third-order valence-electron chi connectivity index (χ3n) is 6.36. The zero-order valence-corrected chi connectivity index (χ0v) is 20.7. The molecule has 8 heteroatoms. The third kappa shape index (κ3) is 3.92. The maximum atomic E-state index is 11.5. The van der Waals surface area contributed by atoms with E-state index in [2.05, 4.69) is 33.4 Å². The highest BCUT2D eigenvalue weighted by Crippen LogP contribution is 2.58. The Bertz CT molecular complexity index is 1190. The number of nitro benzene ring substituents is 1. The minimum absolute atomic E-state index is 0.0319. The Morgan fingerprint density at radius 1 is 1.06 bits per heavy atom. The summed E-state index contributed by atoms with van der Waals surface area (Å²) in [6, 6.07) is 21.1. The Morgan fingerprint density at radius 3 is 2.59 bits per heavy atom. The maximum Gasteiger partial charge on any atom is 0.282 e. The molecule has 3 aromatic rings. The fourth-order valence-corrected chi connectivity index (χ4v) is 7.65. The van der Waals surface area contributed by atoms with Crippen molar-refractivity contribution in [3.05, 3.63) is 97.5 Å². The van der Waals surface area contributed by atoms with Crippen LogP contribution in [0, 0.1) is 16.0 Å². The number of halogens is 3. The summed E-state index contributed by atoms with van der Waals surface area (Å²) >= 11 is 18.7. The summed E-state index contributed by atoms with van der Waals surface area (Å²) in [6.45, 7) is 0. The first kappa shape index (κ1) is 22.1. The van der Waals surface area contributed by atoms with Gasteiger partial charge >= 0.3 is 0 Å². The van der Waals surface area contributed by atoms with Crippen LogP contribution in [0.1, 0.15) is 29.5 Å². The first-order valence-corrected chi connectivity index (χ1v) is 12.8. The van der Waals surface area contributed by atoms with E-state index in [1.807, 2.05) is 42.5 Å². The van der Waals surface area contributed by atoms with Gasteiger partial charge in [-0.1, -0.05) is 57.9 Å². The van der Waals surface area contributed by atoms with Crippen LogP contribution in [0.4, 0.5) is 11.4 Å². The number of hydrogen-bond acceptors (Lipinski definition) is 4. The van der Waals surface area contributed by atoms with Gasteiger partial charge in [-0.05, 0) is 53.8 Å². The fraction of sp³-hybridized carbons (Fsp3) is 0.250. The Labute approximate surface area is 209 Å². The molecule has 5 rings (SSSR count). The van der Waals surface area contributed by atoms with E-state index >= 15 is 0 Å². The first-order valence-electron chi connectivity index (χ1n) is 10.3.